The summed E-state index contributed by atoms with van der Waals surface area (Å²) in [5.74, 6) is 0.462. The molecule has 2 fully saturated rings. The molecule has 18 heavy (non-hydrogen) atoms. The van der Waals surface area contributed by atoms with Crippen molar-refractivity contribution in [3.8, 4) is 0 Å². The van der Waals surface area contributed by atoms with Gasteiger partial charge in [-0.2, -0.15) is 0 Å². The minimum absolute atomic E-state index is 0.210. The molecule has 4 nitrogen and oxygen atoms in total. The van der Waals surface area contributed by atoms with Crippen LogP contribution in [0.25, 0.3) is 0 Å². The zero-order valence-corrected chi connectivity index (χ0v) is 11.8. The molecule has 0 bridgehead atoms. The maximum Gasteiger partial charge on any atom is 0.226 e. The standard InChI is InChI=1S/C14H26N2O2/c1-4-16(10-13(2,3)18)12(17)11-9-14(11)5-7-15-8-6-14/h11,15,18H,4-10H2,1-3H3. The molecular weight excluding hydrogens is 228 g/mol. The molecule has 0 aromatic rings. The van der Waals surface area contributed by atoms with Crippen LogP contribution in [0.2, 0.25) is 0 Å². The lowest BCUT2D eigenvalue weighted by Crippen LogP contribution is -2.44. The van der Waals surface area contributed by atoms with Gasteiger partial charge in [0.2, 0.25) is 5.91 Å². The zero-order valence-electron chi connectivity index (χ0n) is 11.8. The normalized spacial score (nSPS) is 26.1. The van der Waals surface area contributed by atoms with Crippen molar-refractivity contribution in [2.24, 2.45) is 11.3 Å². The van der Waals surface area contributed by atoms with Crippen LogP contribution in [0.1, 0.15) is 40.0 Å². The van der Waals surface area contributed by atoms with Crippen LogP contribution in [-0.2, 0) is 4.79 Å². The van der Waals surface area contributed by atoms with Crippen molar-refractivity contribution in [3.05, 3.63) is 0 Å². The Morgan fingerprint density at radius 3 is 2.56 bits per heavy atom. The fourth-order valence-electron chi connectivity index (χ4n) is 3.21. The fourth-order valence-corrected chi connectivity index (χ4v) is 3.21. The Labute approximate surface area is 110 Å². The Morgan fingerprint density at radius 1 is 1.44 bits per heavy atom. The summed E-state index contributed by atoms with van der Waals surface area (Å²) in [4.78, 5) is 14.3. The van der Waals surface area contributed by atoms with Crippen LogP contribution >= 0.6 is 0 Å². The quantitative estimate of drug-likeness (QED) is 0.787. The summed E-state index contributed by atoms with van der Waals surface area (Å²) in [5, 5.41) is 13.2. The molecule has 0 radical (unpaired) electrons. The van der Waals surface area contributed by atoms with Gasteiger partial charge in [0, 0.05) is 19.0 Å². The van der Waals surface area contributed by atoms with Crippen LogP contribution in [0.15, 0.2) is 0 Å². The van der Waals surface area contributed by atoms with Gasteiger partial charge in [-0.25, -0.2) is 0 Å². The van der Waals surface area contributed by atoms with E-state index >= 15 is 0 Å². The second-order valence-corrected chi connectivity index (χ2v) is 6.53. The van der Waals surface area contributed by atoms with Gasteiger partial charge >= 0.3 is 0 Å². The highest BCUT2D eigenvalue weighted by Crippen LogP contribution is 2.59. The number of carbonyl (C=O) groups excluding carboxylic acids is 1. The molecule has 1 saturated carbocycles. The molecule has 1 aliphatic heterocycles. The molecule has 1 saturated heterocycles. The van der Waals surface area contributed by atoms with Gasteiger partial charge in [0.25, 0.3) is 0 Å². The van der Waals surface area contributed by atoms with Gasteiger partial charge in [-0.15, -0.1) is 0 Å². The highest BCUT2D eigenvalue weighted by Gasteiger charge is 2.58. The largest absolute Gasteiger partial charge is 0.389 e. The minimum Gasteiger partial charge on any atom is -0.389 e. The Balaban J connectivity index is 1.95. The highest BCUT2D eigenvalue weighted by molar-refractivity contribution is 5.82. The molecule has 2 aliphatic rings. The Kier molecular flexibility index (Phi) is 3.70. The summed E-state index contributed by atoms with van der Waals surface area (Å²) < 4.78 is 0. The summed E-state index contributed by atoms with van der Waals surface area (Å²) in [7, 11) is 0. The topological polar surface area (TPSA) is 52.6 Å². The van der Waals surface area contributed by atoms with E-state index in [9.17, 15) is 9.90 Å². The van der Waals surface area contributed by atoms with Crippen LogP contribution in [-0.4, -0.2) is 47.7 Å². The predicted molar refractivity (Wildman–Crippen MR) is 71.2 cm³/mol. The highest BCUT2D eigenvalue weighted by atomic mass is 16.3. The van der Waals surface area contributed by atoms with Crippen molar-refractivity contribution in [1.82, 2.24) is 10.2 Å². The smallest absolute Gasteiger partial charge is 0.226 e. The van der Waals surface area contributed by atoms with Crippen LogP contribution in [0.3, 0.4) is 0 Å². The average molecular weight is 254 g/mol. The van der Waals surface area contributed by atoms with Crippen molar-refractivity contribution < 1.29 is 9.90 Å². The Hall–Kier alpha value is -0.610. The number of nitrogens with zero attached hydrogens (tertiary/aromatic N) is 1. The van der Waals surface area contributed by atoms with Gasteiger partial charge in [0.15, 0.2) is 0 Å². The molecule has 0 aromatic carbocycles. The molecule has 1 spiro atoms. The first-order valence-corrected chi connectivity index (χ1v) is 7.10. The number of hydrogen-bond acceptors (Lipinski definition) is 3. The van der Waals surface area contributed by atoms with E-state index in [2.05, 4.69) is 5.32 Å². The third kappa shape index (κ3) is 2.86. The molecule has 1 aliphatic carbocycles. The number of nitrogens with one attached hydrogen (secondary N) is 1. The molecule has 1 amide bonds. The van der Waals surface area contributed by atoms with Crippen LogP contribution in [0.5, 0.6) is 0 Å². The molecule has 1 heterocycles. The Morgan fingerprint density at radius 2 is 2.06 bits per heavy atom. The van der Waals surface area contributed by atoms with Gasteiger partial charge < -0.3 is 15.3 Å². The molecular formula is C14H26N2O2. The van der Waals surface area contributed by atoms with Gasteiger partial charge in [-0.1, -0.05) is 0 Å². The van der Waals surface area contributed by atoms with Crippen LogP contribution in [0, 0.1) is 11.3 Å². The van der Waals surface area contributed by atoms with Crippen molar-refractivity contribution in [1.29, 1.82) is 0 Å². The first-order chi connectivity index (χ1) is 8.38. The third-order valence-corrected chi connectivity index (χ3v) is 4.36. The molecule has 4 heteroatoms. The van der Waals surface area contributed by atoms with E-state index in [1.165, 1.54) is 0 Å². The second-order valence-electron chi connectivity index (χ2n) is 6.53. The molecule has 2 rings (SSSR count). The number of amides is 1. The minimum atomic E-state index is -0.804. The SMILES string of the molecule is CCN(CC(C)(C)O)C(=O)C1CC12CCNCC2. The van der Waals surface area contributed by atoms with Crippen LogP contribution < -0.4 is 5.32 Å². The van der Waals surface area contributed by atoms with E-state index in [1.807, 2.05) is 11.8 Å². The van der Waals surface area contributed by atoms with Crippen molar-refractivity contribution in [2.45, 2.75) is 45.6 Å². The maximum atomic E-state index is 12.5. The maximum absolute atomic E-state index is 12.5. The predicted octanol–water partition coefficient (Wildman–Crippen LogP) is 0.995. The van der Waals surface area contributed by atoms with E-state index in [-0.39, 0.29) is 17.2 Å². The van der Waals surface area contributed by atoms with Crippen LogP contribution in [0.4, 0.5) is 0 Å². The van der Waals surface area contributed by atoms with Gasteiger partial charge in [0.1, 0.15) is 0 Å². The van der Waals surface area contributed by atoms with Crippen molar-refractivity contribution in [2.75, 3.05) is 26.2 Å². The van der Waals surface area contributed by atoms with Gasteiger partial charge in [-0.05, 0) is 58.5 Å². The number of hydrogen-bond donors (Lipinski definition) is 2. The van der Waals surface area contributed by atoms with E-state index in [0.717, 1.165) is 32.4 Å². The zero-order chi connectivity index (χ0) is 13.4. The average Bonchev–Trinajstić information content (AvgIpc) is 2.98. The van der Waals surface area contributed by atoms with Crippen molar-refractivity contribution in [3.63, 3.8) is 0 Å². The molecule has 1 atom stereocenters. The van der Waals surface area contributed by atoms with E-state index in [4.69, 9.17) is 0 Å². The molecule has 2 N–H and O–H groups in total. The summed E-state index contributed by atoms with van der Waals surface area (Å²) in [5.41, 5.74) is -0.517. The van der Waals surface area contributed by atoms with Gasteiger partial charge in [0.05, 0.1) is 5.60 Å². The van der Waals surface area contributed by atoms with Gasteiger partial charge in [-0.3, -0.25) is 4.79 Å². The van der Waals surface area contributed by atoms with E-state index in [1.54, 1.807) is 13.8 Å². The molecule has 104 valence electrons. The molecule has 1 unspecified atom stereocenters. The summed E-state index contributed by atoms with van der Waals surface area (Å²) in [6.45, 7) is 8.72. The summed E-state index contributed by atoms with van der Waals surface area (Å²) in [6, 6.07) is 0. The summed E-state index contributed by atoms with van der Waals surface area (Å²) in [6.07, 6.45) is 3.31. The van der Waals surface area contributed by atoms with E-state index < -0.39 is 5.60 Å². The molecule has 0 aromatic heterocycles. The lowest BCUT2D eigenvalue weighted by atomic mass is 9.91. The fraction of sp³-hybridized carbons (Fsp3) is 0.929. The lowest BCUT2D eigenvalue weighted by molar-refractivity contribution is -0.136. The number of piperidine rings is 1. The Bertz CT molecular complexity index is 316. The first kappa shape index (κ1) is 13.8. The number of aliphatic hydroxyl groups is 1. The van der Waals surface area contributed by atoms with Crippen molar-refractivity contribution >= 4 is 5.91 Å². The number of carbonyl (C=O) groups is 1. The number of likely N-dealkylation sites (N-methyl/N-ethyl adjacent to an activating group) is 1. The number of rotatable bonds is 4. The second kappa shape index (κ2) is 4.82. The first-order valence-electron chi connectivity index (χ1n) is 7.10. The third-order valence-electron chi connectivity index (χ3n) is 4.36. The monoisotopic (exact) mass is 254 g/mol. The summed E-state index contributed by atoms with van der Waals surface area (Å²) >= 11 is 0. The lowest BCUT2D eigenvalue weighted by Gasteiger charge is -2.30. The van der Waals surface area contributed by atoms with E-state index in [0.29, 0.717) is 13.1 Å².